The summed E-state index contributed by atoms with van der Waals surface area (Å²) >= 11 is 1.72. The van der Waals surface area contributed by atoms with Crippen LogP contribution in [0.3, 0.4) is 0 Å². The van der Waals surface area contributed by atoms with Crippen molar-refractivity contribution in [2.75, 3.05) is 18.6 Å². The van der Waals surface area contributed by atoms with Crippen LogP contribution in [0.5, 0.6) is 0 Å². The second-order valence-corrected chi connectivity index (χ2v) is 5.95. The fourth-order valence-electron chi connectivity index (χ4n) is 2.66. The van der Waals surface area contributed by atoms with Gasteiger partial charge >= 0.3 is 5.97 Å². The Bertz CT molecular complexity index is 511. The van der Waals surface area contributed by atoms with E-state index in [9.17, 15) is 9.59 Å². The van der Waals surface area contributed by atoms with Gasteiger partial charge in [-0.15, -0.1) is 0 Å². The van der Waals surface area contributed by atoms with Crippen LogP contribution < -0.4 is 0 Å². The Morgan fingerprint density at radius 3 is 2.95 bits per heavy atom. The van der Waals surface area contributed by atoms with Crippen LogP contribution in [0.25, 0.3) is 0 Å². The minimum Gasteiger partial charge on any atom is -0.481 e. The number of carbonyl (C=O) groups is 2. The third kappa shape index (κ3) is 3.00. The summed E-state index contributed by atoms with van der Waals surface area (Å²) in [7, 11) is 0. The van der Waals surface area contributed by atoms with Crippen LogP contribution in [0.2, 0.25) is 0 Å². The molecule has 2 heterocycles. The van der Waals surface area contributed by atoms with Crippen molar-refractivity contribution >= 4 is 23.6 Å². The van der Waals surface area contributed by atoms with Gasteiger partial charge in [-0.2, -0.15) is 11.8 Å². The van der Waals surface area contributed by atoms with Gasteiger partial charge in [-0.3, -0.25) is 9.59 Å². The number of furan rings is 1. The summed E-state index contributed by atoms with van der Waals surface area (Å²) in [6.07, 6.45) is 5.25. The molecule has 1 N–H and O–H groups in total. The molecule has 1 saturated heterocycles. The molecule has 1 aromatic rings. The van der Waals surface area contributed by atoms with Gasteiger partial charge < -0.3 is 14.4 Å². The summed E-state index contributed by atoms with van der Waals surface area (Å²) in [4.78, 5) is 25.4. The van der Waals surface area contributed by atoms with Gasteiger partial charge in [-0.25, -0.2) is 0 Å². The van der Waals surface area contributed by atoms with Crippen molar-refractivity contribution in [1.29, 1.82) is 0 Å². The third-order valence-corrected chi connectivity index (χ3v) is 4.29. The highest BCUT2D eigenvalue weighted by molar-refractivity contribution is 7.98. The number of likely N-dealkylation sites (tertiary alicyclic amines) is 1. The predicted octanol–water partition coefficient (Wildman–Crippen LogP) is 2.18. The molecule has 0 aliphatic carbocycles. The zero-order chi connectivity index (χ0) is 14.7. The Morgan fingerprint density at radius 1 is 1.55 bits per heavy atom. The lowest BCUT2D eigenvalue weighted by molar-refractivity contribution is -0.136. The molecular formula is C14H19NO4S. The Labute approximate surface area is 122 Å². The summed E-state index contributed by atoms with van der Waals surface area (Å²) in [6.45, 7) is 2.52. The van der Waals surface area contributed by atoms with Crippen LogP contribution in [-0.4, -0.2) is 46.5 Å². The second kappa shape index (κ2) is 6.35. The quantitative estimate of drug-likeness (QED) is 0.902. The van der Waals surface area contributed by atoms with Gasteiger partial charge in [-0.1, -0.05) is 0 Å². The van der Waals surface area contributed by atoms with Crippen LogP contribution in [-0.2, 0) is 11.2 Å². The number of carboxylic acid groups (broad SMARTS) is 1. The molecule has 0 aromatic carbocycles. The molecule has 0 radical (unpaired) electrons. The summed E-state index contributed by atoms with van der Waals surface area (Å²) in [5.41, 5.74) is 1.14. The van der Waals surface area contributed by atoms with Gasteiger partial charge in [0.25, 0.3) is 5.91 Å². The second-order valence-electron chi connectivity index (χ2n) is 5.04. The molecule has 1 atom stereocenters. The van der Waals surface area contributed by atoms with Gasteiger partial charge in [0.15, 0.2) is 0 Å². The highest BCUT2D eigenvalue weighted by Crippen LogP contribution is 2.26. The number of hydrogen-bond acceptors (Lipinski definition) is 4. The van der Waals surface area contributed by atoms with Gasteiger partial charge in [0.05, 0.1) is 11.8 Å². The van der Waals surface area contributed by atoms with Gasteiger partial charge in [-0.05, 0) is 26.0 Å². The lowest BCUT2D eigenvalue weighted by atomic mass is 10.1. The first-order chi connectivity index (χ1) is 9.54. The number of carbonyl (C=O) groups excluding carboxylic acids is 1. The minimum absolute atomic E-state index is 0.0935. The van der Waals surface area contributed by atoms with E-state index in [4.69, 9.17) is 9.52 Å². The van der Waals surface area contributed by atoms with Crippen molar-refractivity contribution in [3.8, 4) is 0 Å². The first-order valence-corrected chi connectivity index (χ1v) is 8.02. The fraction of sp³-hybridized carbons (Fsp3) is 0.571. The SMILES string of the molecule is CSCC1CCCN1C(=O)c1c(C)coc1CC(=O)O. The van der Waals surface area contributed by atoms with E-state index in [1.54, 1.807) is 18.7 Å². The number of aryl methyl sites for hydroxylation is 1. The van der Waals surface area contributed by atoms with E-state index in [2.05, 4.69) is 0 Å². The maximum atomic E-state index is 12.7. The molecule has 110 valence electrons. The Kier molecular flexibility index (Phi) is 4.75. The van der Waals surface area contributed by atoms with E-state index in [0.717, 1.165) is 25.1 Å². The summed E-state index contributed by atoms with van der Waals surface area (Å²) in [5.74, 6) is 0.0889. The lowest BCUT2D eigenvalue weighted by Crippen LogP contribution is -2.37. The normalized spacial score (nSPS) is 18.5. The van der Waals surface area contributed by atoms with E-state index in [1.165, 1.54) is 6.26 Å². The summed E-state index contributed by atoms with van der Waals surface area (Å²) < 4.78 is 5.25. The lowest BCUT2D eigenvalue weighted by Gasteiger charge is -2.24. The van der Waals surface area contributed by atoms with E-state index < -0.39 is 5.97 Å². The number of carboxylic acids is 1. The standard InChI is InChI=1S/C14H19NO4S/c1-9-7-19-11(6-12(16)17)13(9)14(18)15-5-3-4-10(15)8-20-2/h7,10H,3-6,8H2,1-2H3,(H,16,17). The van der Waals surface area contributed by atoms with Gasteiger partial charge in [0.1, 0.15) is 12.2 Å². The average molecular weight is 297 g/mol. The maximum absolute atomic E-state index is 12.7. The molecule has 0 bridgehead atoms. The molecule has 20 heavy (non-hydrogen) atoms. The van der Waals surface area contributed by atoms with Gasteiger partial charge in [0.2, 0.25) is 0 Å². The van der Waals surface area contributed by atoms with E-state index in [1.807, 2.05) is 11.2 Å². The number of amides is 1. The number of aliphatic carboxylic acids is 1. The number of thioether (sulfide) groups is 1. The Hall–Kier alpha value is -1.43. The average Bonchev–Trinajstić information content (AvgIpc) is 2.96. The van der Waals surface area contributed by atoms with Crippen molar-refractivity contribution in [1.82, 2.24) is 4.90 Å². The first-order valence-electron chi connectivity index (χ1n) is 6.63. The number of hydrogen-bond donors (Lipinski definition) is 1. The largest absolute Gasteiger partial charge is 0.481 e. The van der Waals surface area contributed by atoms with Crippen molar-refractivity contribution in [3.63, 3.8) is 0 Å². The van der Waals surface area contributed by atoms with Crippen LogP contribution in [0.15, 0.2) is 10.7 Å². The van der Waals surface area contributed by atoms with Crippen molar-refractivity contribution in [2.24, 2.45) is 0 Å². The zero-order valence-electron chi connectivity index (χ0n) is 11.7. The molecule has 5 nitrogen and oxygen atoms in total. The highest BCUT2D eigenvalue weighted by Gasteiger charge is 2.32. The minimum atomic E-state index is -0.990. The first kappa shape index (κ1) is 15.0. The topological polar surface area (TPSA) is 70.8 Å². The Morgan fingerprint density at radius 2 is 2.30 bits per heavy atom. The summed E-state index contributed by atoms with van der Waals surface area (Å²) in [6, 6.07) is 0.240. The van der Waals surface area contributed by atoms with Crippen molar-refractivity contribution in [3.05, 3.63) is 23.2 Å². The van der Waals surface area contributed by atoms with E-state index in [-0.39, 0.29) is 24.1 Å². The molecule has 1 unspecified atom stereocenters. The smallest absolute Gasteiger partial charge is 0.311 e. The molecule has 6 heteroatoms. The Balaban J connectivity index is 2.24. The van der Waals surface area contributed by atoms with Crippen molar-refractivity contribution in [2.45, 2.75) is 32.2 Å². The zero-order valence-corrected chi connectivity index (χ0v) is 12.5. The third-order valence-electron chi connectivity index (χ3n) is 3.57. The van der Waals surface area contributed by atoms with Crippen LogP contribution in [0, 0.1) is 6.92 Å². The number of nitrogens with zero attached hydrogens (tertiary/aromatic N) is 1. The maximum Gasteiger partial charge on any atom is 0.311 e. The van der Waals surface area contributed by atoms with Crippen LogP contribution >= 0.6 is 11.8 Å². The molecule has 1 aliphatic heterocycles. The van der Waals surface area contributed by atoms with Crippen molar-refractivity contribution < 1.29 is 19.1 Å². The van der Waals surface area contributed by atoms with E-state index in [0.29, 0.717) is 11.1 Å². The summed E-state index contributed by atoms with van der Waals surface area (Å²) in [5, 5.41) is 8.90. The number of rotatable bonds is 5. The molecule has 1 fully saturated rings. The molecule has 0 saturated carbocycles. The van der Waals surface area contributed by atoms with Crippen LogP contribution in [0.1, 0.15) is 34.5 Å². The molecule has 0 spiro atoms. The molecule has 1 aromatic heterocycles. The van der Waals surface area contributed by atoms with E-state index >= 15 is 0 Å². The molecular weight excluding hydrogens is 278 g/mol. The molecule has 2 rings (SSSR count). The fourth-order valence-corrected chi connectivity index (χ4v) is 3.40. The van der Waals surface area contributed by atoms with Gasteiger partial charge in [0, 0.05) is 23.9 Å². The van der Waals surface area contributed by atoms with Crippen LogP contribution in [0.4, 0.5) is 0 Å². The monoisotopic (exact) mass is 297 g/mol. The molecule has 1 amide bonds. The predicted molar refractivity (Wildman–Crippen MR) is 77.2 cm³/mol. The highest BCUT2D eigenvalue weighted by atomic mass is 32.2. The molecule has 1 aliphatic rings.